The third-order valence-electron chi connectivity index (χ3n) is 6.97. The number of unbranched alkanes of at least 4 members (excludes halogenated alkanes) is 2. The fourth-order valence-corrected chi connectivity index (χ4v) is 4.86. The Bertz CT molecular complexity index is 828. The average Bonchev–Trinajstić information content (AvgIpc) is 2.71. The fourth-order valence-electron chi connectivity index (χ4n) is 4.86. The van der Waals surface area contributed by atoms with E-state index in [9.17, 15) is 5.11 Å². The molecule has 0 spiro atoms. The van der Waals surface area contributed by atoms with Crippen LogP contribution in [-0.2, 0) is 4.74 Å². The molecule has 2 atom stereocenters. The summed E-state index contributed by atoms with van der Waals surface area (Å²) in [6.07, 6.45) is 5.74. The first-order valence-corrected chi connectivity index (χ1v) is 11.4. The van der Waals surface area contributed by atoms with Crippen LogP contribution in [0.25, 0.3) is 5.57 Å². The lowest BCUT2D eigenvalue weighted by Crippen LogP contribution is -2.44. The Kier molecular flexibility index (Phi) is 6.68. The van der Waals surface area contributed by atoms with Crippen molar-refractivity contribution in [2.45, 2.75) is 78.2 Å². The number of ether oxygens (including phenoxy) is 2. The molecule has 2 heterocycles. The van der Waals surface area contributed by atoms with Gasteiger partial charge in [0.2, 0.25) is 0 Å². The first-order valence-electron chi connectivity index (χ1n) is 11.4. The standard InChI is InChI=1S/C25H38N2O3/c1-7-8-9-10-16(2)17(3)18-13-21(28)23-19-15-27(24(26)29-6)12-11-20(19)25(4,5)30-22(23)14-18/h13-14,16-17,26,28H,7-12,15H2,1-6H3. The predicted octanol–water partition coefficient (Wildman–Crippen LogP) is 5.92. The third-order valence-corrected chi connectivity index (χ3v) is 6.97. The van der Waals surface area contributed by atoms with Gasteiger partial charge in [0.1, 0.15) is 17.1 Å². The van der Waals surface area contributed by atoms with E-state index >= 15 is 0 Å². The minimum absolute atomic E-state index is 0.165. The van der Waals surface area contributed by atoms with Crippen LogP contribution in [0.2, 0.25) is 0 Å². The number of aromatic hydroxyl groups is 1. The molecule has 5 heteroatoms. The molecule has 2 aliphatic rings. The number of nitrogens with one attached hydrogen (secondary N) is 1. The van der Waals surface area contributed by atoms with Crippen molar-refractivity contribution in [2.24, 2.45) is 5.92 Å². The van der Waals surface area contributed by atoms with Gasteiger partial charge in [-0.1, -0.05) is 46.5 Å². The summed E-state index contributed by atoms with van der Waals surface area (Å²) in [7, 11) is 1.53. The predicted molar refractivity (Wildman–Crippen MR) is 122 cm³/mol. The number of benzene rings is 1. The number of amidine groups is 1. The van der Waals surface area contributed by atoms with Gasteiger partial charge >= 0.3 is 0 Å². The van der Waals surface area contributed by atoms with Crippen LogP contribution in [0.4, 0.5) is 0 Å². The number of methoxy groups -OCH3 is 1. The van der Waals surface area contributed by atoms with E-state index in [0.29, 0.717) is 18.4 Å². The molecule has 1 aromatic carbocycles. The summed E-state index contributed by atoms with van der Waals surface area (Å²) in [5.74, 6) is 1.94. The van der Waals surface area contributed by atoms with Gasteiger partial charge in [-0.05, 0) is 60.9 Å². The molecule has 0 saturated heterocycles. The Labute approximate surface area is 181 Å². The Balaban J connectivity index is 1.95. The van der Waals surface area contributed by atoms with Crippen LogP contribution in [0, 0.1) is 11.3 Å². The maximum Gasteiger partial charge on any atom is 0.284 e. The normalized spacial score (nSPS) is 19.5. The molecule has 1 aromatic rings. The van der Waals surface area contributed by atoms with Gasteiger partial charge in [-0.15, -0.1) is 0 Å². The van der Waals surface area contributed by atoms with Crippen molar-refractivity contribution in [3.05, 3.63) is 28.8 Å². The lowest BCUT2D eigenvalue weighted by Gasteiger charge is -2.42. The minimum Gasteiger partial charge on any atom is -0.507 e. The molecule has 5 nitrogen and oxygen atoms in total. The van der Waals surface area contributed by atoms with Gasteiger partial charge < -0.3 is 19.5 Å². The quantitative estimate of drug-likeness (QED) is 0.344. The highest BCUT2D eigenvalue weighted by Gasteiger charge is 2.39. The highest BCUT2D eigenvalue weighted by Crippen LogP contribution is 2.49. The number of nitrogens with zero attached hydrogens (tertiary/aromatic N) is 1. The second kappa shape index (κ2) is 8.91. The summed E-state index contributed by atoms with van der Waals surface area (Å²) in [4.78, 5) is 1.91. The molecule has 0 aliphatic carbocycles. The first-order chi connectivity index (χ1) is 14.2. The smallest absolute Gasteiger partial charge is 0.284 e. The molecule has 0 bridgehead atoms. The van der Waals surface area contributed by atoms with Crippen molar-refractivity contribution in [1.29, 1.82) is 5.41 Å². The van der Waals surface area contributed by atoms with Crippen molar-refractivity contribution in [3.8, 4) is 11.5 Å². The van der Waals surface area contributed by atoms with Gasteiger partial charge in [0, 0.05) is 13.1 Å². The van der Waals surface area contributed by atoms with E-state index in [-0.39, 0.29) is 11.8 Å². The molecule has 0 saturated carbocycles. The Morgan fingerprint density at radius 3 is 2.70 bits per heavy atom. The van der Waals surface area contributed by atoms with E-state index in [1.54, 1.807) is 0 Å². The van der Waals surface area contributed by atoms with Crippen molar-refractivity contribution in [1.82, 2.24) is 4.90 Å². The number of rotatable bonds is 6. The summed E-state index contributed by atoms with van der Waals surface area (Å²) in [6.45, 7) is 12.3. The van der Waals surface area contributed by atoms with E-state index < -0.39 is 5.60 Å². The second-order valence-corrected chi connectivity index (χ2v) is 9.43. The zero-order valence-corrected chi connectivity index (χ0v) is 19.5. The van der Waals surface area contributed by atoms with Gasteiger partial charge in [-0.2, -0.15) is 0 Å². The molecule has 0 fully saturated rings. The number of hydrogen-bond acceptors (Lipinski definition) is 4. The lowest BCUT2D eigenvalue weighted by molar-refractivity contribution is 0.132. The lowest BCUT2D eigenvalue weighted by atomic mass is 9.79. The van der Waals surface area contributed by atoms with Crippen LogP contribution >= 0.6 is 0 Å². The van der Waals surface area contributed by atoms with Crippen molar-refractivity contribution >= 4 is 11.6 Å². The van der Waals surface area contributed by atoms with E-state index in [1.165, 1.54) is 38.4 Å². The summed E-state index contributed by atoms with van der Waals surface area (Å²) >= 11 is 0. The molecular weight excluding hydrogens is 376 g/mol. The summed E-state index contributed by atoms with van der Waals surface area (Å²) in [5.41, 5.74) is 3.77. The van der Waals surface area contributed by atoms with Crippen molar-refractivity contribution in [2.75, 3.05) is 20.2 Å². The van der Waals surface area contributed by atoms with Crippen LogP contribution in [0.1, 0.15) is 83.8 Å². The van der Waals surface area contributed by atoms with Gasteiger partial charge in [-0.3, -0.25) is 5.41 Å². The van der Waals surface area contributed by atoms with Crippen LogP contribution in [0.15, 0.2) is 17.7 Å². The summed E-state index contributed by atoms with van der Waals surface area (Å²) < 4.78 is 11.6. The number of hydrogen-bond donors (Lipinski definition) is 2. The van der Waals surface area contributed by atoms with Gasteiger partial charge in [-0.25, -0.2) is 0 Å². The number of phenols is 1. The summed E-state index contributed by atoms with van der Waals surface area (Å²) in [6, 6.07) is 4.22. The van der Waals surface area contributed by atoms with Crippen molar-refractivity contribution < 1.29 is 14.6 Å². The van der Waals surface area contributed by atoms with Crippen molar-refractivity contribution in [3.63, 3.8) is 0 Å². The highest BCUT2D eigenvalue weighted by atomic mass is 16.5. The minimum atomic E-state index is -0.426. The molecule has 0 amide bonds. The van der Waals surface area contributed by atoms with Gasteiger partial charge in [0.25, 0.3) is 6.02 Å². The topological polar surface area (TPSA) is 65.8 Å². The molecule has 30 heavy (non-hydrogen) atoms. The maximum absolute atomic E-state index is 11.1. The number of phenolic OH excluding ortho intramolecular Hbond substituents is 1. The Morgan fingerprint density at radius 1 is 1.30 bits per heavy atom. The molecule has 2 unspecified atom stereocenters. The van der Waals surface area contributed by atoms with Crippen LogP contribution in [0.5, 0.6) is 11.5 Å². The van der Waals surface area contributed by atoms with Gasteiger partial charge in [0.05, 0.1) is 12.7 Å². The molecular formula is C25H38N2O3. The molecule has 166 valence electrons. The monoisotopic (exact) mass is 414 g/mol. The molecule has 2 aliphatic heterocycles. The van der Waals surface area contributed by atoms with E-state index in [1.807, 2.05) is 11.0 Å². The summed E-state index contributed by atoms with van der Waals surface area (Å²) in [5, 5.41) is 19.1. The Hall–Kier alpha value is -2.17. The maximum atomic E-state index is 11.1. The largest absolute Gasteiger partial charge is 0.507 e. The average molecular weight is 415 g/mol. The Morgan fingerprint density at radius 2 is 2.03 bits per heavy atom. The molecule has 0 radical (unpaired) electrons. The zero-order valence-electron chi connectivity index (χ0n) is 19.5. The van der Waals surface area contributed by atoms with E-state index in [4.69, 9.17) is 14.9 Å². The fraction of sp³-hybridized carbons (Fsp3) is 0.640. The van der Waals surface area contributed by atoms with Crippen LogP contribution < -0.4 is 4.74 Å². The SMILES string of the molecule is CCCCCC(C)C(C)c1cc(O)c2c(c1)OC(C)(C)C1=C2CN(C(=N)OC)CC1. The van der Waals surface area contributed by atoms with Crippen LogP contribution in [-0.4, -0.2) is 41.8 Å². The third kappa shape index (κ3) is 4.30. The number of fused-ring (bicyclic) bond motifs is 2. The molecule has 3 rings (SSSR count). The first kappa shape index (κ1) is 22.5. The molecule has 2 N–H and O–H groups in total. The van der Waals surface area contributed by atoms with Crippen LogP contribution in [0.3, 0.4) is 0 Å². The highest BCUT2D eigenvalue weighted by molar-refractivity contribution is 5.85. The van der Waals surface area contributed by atoms with Gasteiger partial charge in [0.15, 0.2) is 0 Å². The molecule has 0 aromatic heterocycles. The van der Waals surface area contributed by atoms with E-state index in [0.717, 1.165) is 35.4 Å². The van der Waals surface area contributed by atoms with E-state index in [2.05, 4.69) is 40.7 Å². The zero-order chi connectivity index (χ0) is 22.1. The second-order valence-electron chi connectivity index (χ2n) is 9.43.